The number of carboxylic acids is 1. The zero-order valence-corrected chi connectivity index (χ0v) is 10.9. The predicted octanol–water partition coefficient (Wildman–Crippen LogP) is 2.52. The van der Waals surface area contributed by atoms with E-state index in [1.54, 1.807) is 12.1 Å². The molecule has 1 aromatic rings. The standard InChI is InChI=1S/C16H19NO2/c18-16(19)12-3-1-2-9(6-12)8-17-15-13-10-4-5-11(7-10)14(13)15/h1-3,6,10-11,13-15,17H,4-5,7-8H2,(H,18,19). The Morgan fingerprint density at radius 2 is 2.00 bits per heavy atom. The maximum atomic E-state index is 10.9. The predicted molar refractivity (Wildman–Crippen MR) is 71.8 cm³/mol. The van der Waals surface area contributed by atoms with Crippen molar-refractivity contribution >= 4 is 5.97 Å². The molecule has 2 N–H and O–H groups in total. The maximum Gasteiger partial charge on any atom is 0.335 e. The van der Waals surface area contributed by atoms with Crippen molar-refractivity contribution in [3.05, 3.63) is 35.4 Å². The third-order valence-corrected chi connectivity index (χ3v) is 5.45. The number of carbonyl (C=O) groups is 1. The summed E-state index contributed by atoms with van der Waals surface area (Å²) in [6.45, 7) is 0.804. The van der Waals surface area contributed by atoms with Crippen LogP contribution in [0.5, 0.6) is 0 Å². The van der Waals surface area contributed by atoms with Gasteiger partial charge in [-0.25, -0.2) is 4.79 Å². The van der Waals surface area contributed by atoms with Crippen LogP contribution >= 0.6 is 0 Å². The van der Waals surface area contributed by atoms with E-state index in [4.69, 9.17) is 5.11 Å². The van der Waals surface area contributed by atoms with Crippen molar-refractivity contribution in [3.63, 3.8) is 0 Å². The molecule has 3 aliphatic carbocycles. The van der Waals surface area contributed by atoms with Crippen molar-refractivity contribution in [2.45, 2.75) is 31.8 Å². The first-order chi connectivity index (χ1) is 9.24. The van der Waals surface area contributed by atoms with Gasteiger partial charge in [-0.2, -0.15) is 0 Å². The minimum absolute atomic E-state index is 0.385. The Bertz CT molecular complexity index is 511. The molecule has 0 spiro atoms. The van der Waals surface area contributed by atoms with E-state index in [1.165, 1.54) is 19.3 Å². The van der Waals surface area contributed by atoms with Crippen LogP contribution in [0.25, 0.3) is 0 Å². The van der Waals surface area contributed by atoms with Crippen molar-refractivity contribution in [1.29, 1.82) is 0 Å². The van der Waals surface area contributed by atoms with Crippen LogP contribution in [0.4, 0.5) is 0 Å². The molecule has 3 heteroatoms. The number of hydrogen-bond acceptors (Lipinski definition) is 2. The summed E-state index contributed by atoms with van der Waals surface area (Å²) in [7, 11) is 0. The summed E-state index contributed by atoms with van der Waals surface area (Å²) in [6.07, 6.45) is 4.36. The SMILES string of the molecule is O=C(O)c1cccc(CNC2C3C4CCC(C4)C23)c1. The summed E-state index contributed by atoms with van der Waals surface area (Å²) < 4.78 is 0. The van der Waals surface area contributed by atoms with Crippen LogP contribution in [0, 0.1) is 23.7 Å². The molecule has 4 unspecified atom stereocenters. The fourth-order valence-corrected chi connectivity index (χ4v) is 4.65. The molecule has 3 saturated carbocycles. The molecule has 0 radical (unpaired) electrons. The van der Waals surface area contributed by atoms with Crippen LogP contribution in [0.2, 0.25) is 0 Å². The fourth-order valence-electron chi connectivity index (χ4n) is 4.65. The van der Waals surface area contributed by atoms with E-state index < -0.39 is 5.97 Å². The van der Waals surface area contributed by atoms with Gasteiger partial charge in [0, 0.05) is 12.6 Å². The number of fused-ring (bicyclic) bond motifs is 5. The molecule has 0 saturated heterocycles. The van der Waals surface area contributed by atoms with Gasteiger partial charge in [0.05, 0.1) is 5.56 Å². The lowest BCUT2D eigenvalue weighted by Crippen LogP contribution is -2.22. The summed E-state index contributed by atoms with van der Waals surface area (Å²) in [6, 6.07) is 7.98. The Morgan fingerprint density at radius 3 is 2.68 bits per heavy atom. The molecule has 0 aromatic heterocycles. The van der Waals surface area contributed by atoms with Gasteiger partial charge in [-0.1, -0.05) is 12.1 Å². The molecule has 4 atom stereocenters. The molecule has 3 nitrogen and oxygen atoms in total. The average Bonchev–Trinajstić information content (AvgIpc) is 2.79. The van der Waals surface area contributed by atoms with Gasteiger partial charge in [0.25, 0.3) is 0 Å². The lowest BCUT2D eigenvalue weighted by atomic mass is 10.0. The monoisotopic (exact) mass is 257 g/mol. The van der Waals surface area contributed by atoms with Gasteiger partial charge < -0.3 is 10.4 Å². The zero-order chi connectivity index (χ0) is 13.0. The summed E-state index contributed by atoms with van der Waals surface area (Å²) in [5.74, 6) is 2.99. The second-order valence-corrected chi connectivity index (χ2v) is 6.40. The molecule has 2 bridgehead atoms. The normalized spacial score (nSPS) is 38.2. The largest absolute Gasteiger partial charge is 0.478 e. The molecule has 19 heavy (non-hydrogen) atoms. The zero-order valence-electron chi connectivity index (χ0n) is 10.9. The Hall–Kier alpha value is -1.35. The first-order valence-electron chi connectivity index (χ1n) is 7.29. The van der Waals surface area contributed by atoms with Crippen molar-refractivity contribution in [3.8, 4) is 0 Å². The summed E-state index contributed by atoms with van der Waals surface area (Å²) in [5.41, 5.74) is 1.47. The minimum Gasteiger partial charge on any atom is -0.478 e. The van der Waals surface area contributed by atoms with Crippen molar-refractivity contribution in [2.24, 2.45) is 23.7 Å². The van der Waals surface area contributed by atoms with Gasteiger partial charge in [0.2, 0.25) is 0 Å². The number of aromatic carboxylic acids is 1. The Balaban J connectivity index is 1.39. The van der Waals surface area contributed by atoms with Crippen molar-refractivity contribution < 1.29 is 9.90 Å². The van der Waals surface area contributed by atoms with Crippen molar-refractivity contribution in [2.75, 3.05) is 0 Å². The lowest BCUT2D eigenvalue weighted by molar-refractivity contribution is 0.0696. The first-order valence-corrected chi connectivity index (χ1v) is 7.29. The van der Waals surface area contributed by atoms with E-state index in [-0.39, 0.29) is 0 Å². The highest BCUT2D eigenvalue weighted by atomic mass is 16.4. The Morgan fingerprint density at radius 1 is 1.26 bits per heavy atom. The van der Waals surface area contributed by atoms with E-state index in [1.807, 2.05) is 12.1 Å². The highest BCUT2D eigenvalue weighted by molar-refractivity contribution is 5.87. The van der Waals surface area contributed by atoms with Crippen LogP contribution in [0.3, 0.4) is 0 Å². The molecular formula is C16H19NO2. The van der Waals surface area contributed by atoms with Crippen LogP contribution < -0.4 is 5.32 Å². The number of hydrogen-bond donors (Lipinski definition) is 2. The number of nitrogens with one attached hydrogen (secondary N) is 1. The minimum atomic E-state index is -0.844. The van der Waals surface area contributed by atoms with Crippen LogP contribution in [0.15, 0.2) is 24.3 Å². The average molecular weight is 257 g/mol. The lowest BCUT2D eigenvalue weighted by Gasteiger charge is -2.10. The Kier molecular flexibility index (Phi) is 2.46. The molecule has 3 aliphatic rings. The summed E-state index contributed by atoms with van der Waals surface area (Å²) in [5, 5.41) is 12.6. The van der Waals surface area contributed by atoms with Crippen molar-refractivity contribution in [1.82, 2.24) is 5.32 Å². The third kappa shape index (κ3) is 1.79. The van der Waals surface area contributed by atoms with Crippen LogP contribution in [-0.2, 0) is 6.54 Å². The van der Waals surface area contributed by atoms with Gasteiger partial charge in [0.1, 0.15) is 0 Å². The summed E-state index contributed by atoms with van der Waals surface area (Å²) >= 11 is 0. The van der Waals surface area contributed by atoms with Gasteiger partial charge >= 0.3 is 5.97 Å². The Labute approximate surface area is 113 Å². The van der Waals surface area contributed by atoms with E-state index >= 15 is 0 Å². The molecule has 0 aliphatic heterocycles. The highest BCUT2D eigenvalue weighted by Crippen LogP contribution is 2.65. The van der Waals surface area contributed by atoms with Gasteiger partial charge in [-0.05, 0) is 60.6 Å². The molecule has 1 aromatic carbocycles. The van der Waals surface area contributed by atoms with Gasteiger partial charge in [-0.15, -0.1) is 0 Å². The topological polar surface area (TPSA) is 49.3 Å². The molecular weight excluding hydrogens is 238 g/mol. The molecule has 100 valence electrons. The summed E-state index contributed by atoms with van der Waals surface area (Å²) in [4.78, 5) is 10.9. The van der Waals surface area contributed by atoms with E-state index in [0.29, 0.717) is 11.6 Å². The molecule has 0 heterocycles. The van der Waals surface area contributed by atoms with Gasteiger partial charge in [0.15, 0.2) is 0 Å². The van der Waals surface area contributed by atoms with Gasteiger partial charge in [-0.3, -0.25) is 0 Å². The second kappa shape index (κ2) is 4.07. The number of benzene rings is 1. The first kappa shape index (κ1) is 11.5. The highest BCUT2D eigenvalue weighted by Gasteiger charge is 2.64. The smallest absolute Gasteiger partial charge is 0.335 e. The van der Waals surface area contributed by atoms with Crippen LogP contribution in [0.1, 0.15) is 35.2 Å². The van der Waals surface area contributed by atoms with E-state index in [2.05, 4.69) is 5.32 Å². The third-order valence-electron chi connectivity index (χ3n) is 5.45. The maximum absolute atomic E-state index is 10.9. The molecule has 3 fully saturated rings. The van der Waals surface area contributed by atoms with Crippen LogP contribution in [-0.4, -0.2) is 17.1 Å². The molecule has 4 rings (SSSR count). The fraction of sp³-hybridized carbons (Fsp3) is 0.562. The second-order valence-electron chi connectivity index (χ2n) is 6.40. The quantitative estimate of drug-likeness (QED) is 0.871. The van der Waals surface area contributed by atoms with E-state index in [9.17, 15) is 4.79 Å². The van der Waals surface area contributed by atoms with E-state index in [0.717, 1.165) is 35.8 Å². The number of carboxylic acid groups (broad SMARTS) is 1. The molecule has 0 amide bonds. The number of rotatable bonds is 4.